The molecule has 1 aliphatic heterocycles. The summed E-state index contributed by atoms with van der Waals surface area (Å²) in [5.74, 6) is -0.783. The predicted molar refractivity (Wildman–Crippen MR) is 120 cm³/mol. The van der Waals surface area contributed by atoms with Gasteiger partial charge in [0, 0.05) is 10.6 Å². The van der Waals surface area contributed by atoms with Crippen molar-refractivity contribution in [2.75, 3.05) is 6.61 Å². The quantitative estimate of drug-likeness (QED) is 0.507. The number of esters is 1. The summed E-state index contributed by atoms with van der Waals surface area (Å²) >= 11 is 7.54. The maximum atomic E-state index is 13.1. The molecule has 2 aromatic carbocycles. The summed E-state index contributed by atoms with van der Waals surface area (Å²) in [4.78, 5) is 29.5. The van der Waals surface area contributed by atoms with Crippen LogP contribution in [0.15, 0.2) is 76.4 Å². The first-order chi connectivity index (χ1) is 15.1. The van der Waals surface area contributed by atoms with Gasteiger partial charge in [-0.3, -0.25) is 4.79 Å². The van der Waals surface area contributed by atoms with Crippen molar-refractivity contribution in [1.29, 1.82) is 0 Å². The number of ether oxygens (including phenoxy) is 2. The average molecular weight is 455 g/mol. The molecule has 2 heterocycles. The van der Waals surface area contributed by atoms with Gasteiger partial charge in [-0.1, -0.05) is 48.0 Å². The van der Waals surface area contributed by atoms with Gasteiger partial charge in [0.05, 0.1) is 11.8 Å². The van der Waals surface area contributed by atoms with E-state index in [0.717, 1.165) is 11.1 Å². The van der Waals surface area contributed by atoms with Gasteiger partial charge in [-0.25, -0.2) is 4.79 Å². The molecule has 31 heavy (non-hydrogen) atoms. The highest BCUT2D eigenvalue weighted by Crippen LogP contribution is 2.29. The SMILES string of the molecule is O=C1N=C(COc2cccc(Cl)c2)C(C(=O)OCc2ccsc2)C(c2ccccc2)N1. The van der Waals surface area contributed by atoms with Crippen molar-refractivity contribution in [2.45, 2.75) is 12.6 Å². The van der Waals surface area contributed by atoms with Crippen LogP contribution in [0.25, 0.3) is 0 Å². The molecule has 2 atom stereocenters. The minimum Gasteiger partial charge on any atom is -0.488 e. The molecule has 0 radical (unpaired) electrons. The fraction of sp³-hybridized carbons (Fsp3) is 0.174. The highest BCUT2D eigenvalue weighted by Gasteiger charge is 2.40. The summed E-state index contributed by atoms with van der Waals surface area (Å²) < 4.78 is 11.4. The third-order valence-corrected chi connectivity index (χ3v) is 5.74. The lowest BCUT2D eigenvalue weighted by molar-refractivity contribution is -0.148. The smallest absolute Gasteiger partial charge is 0.341 e. The van der Waals surface area contributed by atoms with Crippen LogP contribution < -0.4 is 10.1 Å². The molecule has 3 aromatic rings. The molecule has 1 aromatic heterocycles. The zero-order valence-electron chi connectivity index (χ0n) is 16.4. The number of thiophene rings is 1. The Labute approximate surface area is 188 Å². The molecular formula is C23H19ClN2O4S. The number of hydrogen-bond acceptors (Lipinski definition) is 5. The number of carbonyl (C=O) groups is 2. The third-order valence-electron chi connectivity index (χ3n) is 4.77. The molecule has 158 valence electrons. The number of halogens is 1. The molecule has 0 saturated carbocycles. The number of aliphatic imine (C=N–C) groups is 1. The Morgan fingerprint density at radius 1 is 1.10 bits per heavy atom. The van der Waals surface area contributed by atoms with Crippen LogP contribution in [0.3, 0.4) is 0 Å². The molecule has 0 aliphatic carbocycles. The molecule has 8 heteroatoms. The maximum absolute atomic E-state index is 13.1. The van der Waals surface area contributed by atoms with Crippen molar-refractivity contribution >= 4 is 40.6 Å². The summed E-state index contributed by atoms with van der Waals surface area (Å²) in [6.45, 7) is 0.103. The van der Waals surface area contributed by atoms with Crippen LogP contribution in [0.4, 0.5) is 4.79 Å². The standard InChI is InChI=1S/C23H19ClN2O4S/c24-17-7-4-8-18(11-17)29-13-19-20(22(27)30-12-15-9-10-31-14-15)21(26-23(28)25-19)16-5-2-1-3-6-16/h1-11,14,20-21H,12-13H2,(H,26,28). The Balaban J connectivity index is 1.59. The Hall–Kier alpha value is -3.16. The molecule has 1 N–H and O–H groups in total. The van der Waals surface area contributed by atoms with E-state index in [9.17, 15) is 9.59 Å². The van der Waals surface area contributed by atoms with Gasteiger partial charge >= 0.3 is 12.0 Å². The van der Waals surface area contributed by atoms with Crippen molar-refractivity contribution in [2.24, 2.45) is 10.9 Å². The van der Waals surface area contributed by atoms with Gasteiger partial charge in [0.15, 0.2) is 0 Å². The topological polar surface area (TPSA) is 77.0 Å². The monoisotopic (exact) mass is 454 g/mol. The van der Waals surface area contributed by atoms with E-state index in [2.05, 4.69) is 10.3 Å². The zero-order valence-corrected chi connectivity index (χ0v) is 17.9. The zero-order chi connectivity index (χ0) is 21.6. The molecule has 0 bridgehead atoms. The molecule has 2 amide bonds. The van der Waals surface area contributed by atoms with E-state index >= 15 is 0 Å². The van der Waals surface area contributed by atoms with E-state index in [1.54, 1.807) is 24.3 Å². The van der Waals surface area contributed by atoms with Gasteiger partial charge in [0.25, 0.3) is 0 Å². The molecule has 0 saturated heterocycles. The van der Waals surface area contributed by atoms with Gasteiger partial charge in [-0.15, -0.1) is 0 Å². The van der Waals surface area contributed by atoms with Crippen LogP contribution in [-0.2, 0) is 16.1 Å². The van der Waals surface area contributed by atoms with Crippen LogP contribution >= 0.6 is 22.9 Å². The molecular weight excluding hydrogens is 436 g/mol. The van der Waals surface area contributed by atoms with E-state index in [1.807, 2.05) is 47.2 Å². The van der Waals surface area contributed by atoms with Crippen LogP contribution in [0.2, 0.25) is 5.02 Å². The highest BCUT2D eigenvalue weighted by atomic mass is 35.5. The van der Waals surface area contributed by atoms with Gasteiger partial charge < -0.3 is 14.8 Å². The van der Waals surface area contributed by atoms with Gasteiger partial charge in [0.2, 0.25) is 0 Å². The van der Waals surface area contributed by atoms with Crippen molar-refractivity contribution in [3.8, 4) is 5.75 Å². The lowest BCUT2D eigenvalue weighted by Gasteiger charge is -2.31. The lowest BCUT2D eigenvalue weighted by atomic mass is 9.88. The fourth-order valence-corrected chi connectivity index (χ4v) is 4.14. The largest absolute Gasteiger partial charge is 0.488 e. The van der Waals surface area contributed by atoms with Crippen LogP contribution in [0.5, 0.6) is 5.75 Å². The molecule has 1 aliphatic rings. The van der Waals surface area contributed by atoms with E-state index in [4.69, 9.17) is 21.1 Å². The van der Waals surface area contributed by atoms with E-state index in [0.29, 0.717) is 16.5 Å². The Bertz CT molecular complexity index is 1090. The number of nitrogens with zero attached hydrogens (tertiary/aromatic N) is 1. The van der Waals surface area contributed by atoms with Gasteiger partial charge in [-0.05, 0) is 40.6 Å². The lowest BCUT2D eigenvalue weighted by Crippen LogP contribution is -2.46. The summed E-state index contributed by atoms with van der Waals surface area (Å²) in [6.07, 6.45) is 0. The third kappa shape index (κ3) is 5.31. The first-order valence-corrected chi connectivity index (χ1v) is 10.9. The summed E-state index contributed by atoms with van der Waals surface area (Å²) in [6, 6.07) is 16.9. The first-order valence-electron chi connectivity index (χ1n) is 9.59. The van der Waals surface area contributed by atoms with Crippen molar-refractivity contribution < 1.29 is 19.1 Å². The first kappa shape index (κ1) is 21.1. The molecule has 0 fully saturated rings. The fourth-order valence-electron chi connectivity index (χ4n) is 3.30. The van der Waals surface area contributed by atoms with Crippen LogP contribution in [0.1, 0.15) is 17.2 Å². The van der Waals surface area contributed by atoms with Crippen LogP contribution in [-0.4, -0.2) is 24.3 Å². The number of hydrogen-bond donors (Lipinski definition) is 1. The normalized spacial score (nSPS) is 18.1. The second-order valence-electron chi connectivity index (χ2n) is 6.90. The number of nitrogens with one attached hydrogen (secondary N) is 1. The van der Waals surface area contributed by atoms with Gasteiger partial charge in [-0.2, -0.15) is 16.3 Å². The molecule has 6 nitrogen and oxygen atoms in total. The average Bonchev–Trinajstić information content (AvgIpc) is 3.30. The Morgan fingerprint density at radius 3 is 2.68 bits per heavy atom. The summed E-state index contributed by atoms with van der Waals surface area (Å²) in [5, 5.41) is 7.15. The van der Waals surface area contributed by atoms with Crippen molar-refractivity contribution in [3.63, 3.8) is 0 Å². The van der Waals surface area contributed by atoms with Gasteiger partial charge in [0.1, 0.15) is 24.9 Å². The minimum absolute atomic E-state index is 0.0463. The number of rotatable bonds is 7. The van der Waals surface area contributed by atoms with E-state index < -0.39 is 24.0 Å². The van der Waals surface area contributed by atoms with Crippen LogP contribution in [0, 0.1) is 5.92 Å². The molecule has 0 spiro atoms. The summed E-state index contributed by atoms with van der Waals surface area (Å²) in [7, 11) is 0. The number of urea groups is 1. The molecule has 4 rings (SSSR count). The number of benzene rings is 2. The minimum atomic E-state index is -0.821. The van der Waals surface area contributed by atoms with Crippen molar-refractivity contribution in [3.05, 3.63) is 87.6 Å². The second-order valence-corrected chi connectivity index (χ2v) is 8.12. The second kappa shape index (κ2) is 9.76. The van der Waals surface area contributed by atoms with E-state index in [-0.39, 0.29) is 13.2 Å². The maximum Gasteiger partial charge on any atom is 0.341 e. The highest BCUT2D eigenvalue weighted by molar-refractivity contribution is 7.07. The Morgan fingerprint density at radius 2 is 1.94 bits per heavy atom. The Kier molecular flexibility index (Phi) is 6.64. The molecule has 2 unspecified atom stereocenters. The predicted octanol–water partition coefficient (Wildman–Crippen LogP) is 5.05. The van der Waals surface area contributed by atoms with Crippen molar-refractivity contribution in [1.82, 2.24) is 5.32 Å². The number of carbonyl (C=O) groups excluding carboxylic acids is 2. The van der Waals surface area contributed by atoms with E-state index in [1.165, 1.54) is 11.3 Å². The summed E-state index contributed by atoms with van der Waals surface area (Å²) in [5.41, 5.74) is 1.99. The number of amides is 2.